The molecule has 1 aromatic rings. The van der Waals surface area contributed by atoms with Gasteiger partial charge >= 0.3 is 0 Å². The van der Waals surface area contributed by atoms with Gasteiger partial charge in [-0.25, -0.2) is 12.8 Å². The number of nitrogens with zero attached hydrogens (tertiary/aromatic N) is 2. The Kier molecular flexibility index (Phi) is 5.17. The number of rotatable bonds is 3. The molecule has 24 heavy (non-hydrogen) atoms. The molecule has 0 aromatic heterocycles. The molecule has 0 N–H and O–H groups in total. The summed E-state index contributed by atoms with van der Waals surface area (Å²) in [5.74, 6) is -0.518. The topological polar surface area (TPSA) is 66.9 Å². The fraction of sp³-hybridized carbons (Fsp3) is 0.562. The lowest BCUT2D eigenvalue weighted by Gasteiger charge is -2.36. The van der Waals surface area contributed by atoms with E-state index in [1.165, 1.54) is 22.5 Å². The first-order valence-corrected chi connectivity index (χ1v) is 9.55. The Morgan fingerprint density at radius 1 is 1.12 bits per heavy atom. The van der Waals surface area contributed by atoms with Crippen LogP contribution in [0.5, 0.6) is 0 Å². The third kappa shape index (κ3) is 3.60. The van der Waals surface area contributed by atoms with Crippen molar-refractivity contribution >= 4 is 15.9 Å². The molecule has 2 fully saturated rings. The second kappa shape index (κ2) is 7.16. The number of benzene rings is 1. The van der Waals surface area contributed by atoms with Crippen LogP contribution < -0.4 is 0 Å². The fourth-order valence-electron chi connectivity index (χ4n) is 3.13. The van der Waals surface area contributed by atoms with Gasteiger partial charge in [-0.3, -0.25) is 4.79 Å². The summed E-state index contributed by atoms with van der Waals surface area (Å²) in [5.41, 5.74) is 0. The number of carbonyl (C=O) groups excluding carboxylic acids is 1. The quantitative estimate of drug-likeness (QED) is 0.813. The number of halogens is 1. The van der Waals surface area contributed by atoms with Crippen molar-refractivity contribution in [3.63, 3.8) is 0 Å². The minimum Gasteiger partial charge on any atom is -0.381 e. The van der Waals surface area contributed by atoms with Crippen LogP contribution in [0.25, 0.3) is 0 Å². The first-order valence-electron chi connectivity index (χ1n) is 8.11. The van der Waals surface area contributed by atoms with Gasteiger partial charge in [-0.2, -0.15) is 4.31 Å². The first kappa shape index (κ1) is 17.3. The molecule has 8 heteroatoms. The van der Waals surface area contributed by atoms with E-state index in [1.807, 2.05) is 0 Å². The molecule has 0 bridgehead atoms. The Morgan fingerprint density at radius 2 is 1.79 bits per heavy atom. The van der Waals surface area contributed by atoms with Crippen LogP contribution in [-0.2, 0) is 19.6 Å². The molecule has 0 atom stereocenters. The molecule has 0 unspecified atom stereocenters. The molecule has 2 saturated heterocycles. The minimum atomic E-state index is -3.72. The maximum Gasteiger partial charge on any atom is 0.243 e. The smallest absolute Gasteiger partial charge is 0.243 e. The number of carbonyl (C=O) groups is 1. The minimum absolute atomic E-state index is 0.0230. The predicted octanol–water partition coefficient (Wildman–Crippen LogP) is 1.09. The van der Waals surface area contributed by atoms with Crippen molar-refractivity contribution in [1.29, 1.82) is 0 Å². The van der Waals surface area contributed by atoms with Crippen molar-refractivity contribution < 1.29 is 22.3 Å². The zero-order chi connectivity index (χ0) is 17.2. The molecule has 2 aliphatic heterocycles. The highest BCUT2D eigenvalue weighted by Gasteiger charge is 2.33. The van der Waals surface area contributed by atoms with Crippen LogP contribution in [0.4, 0.5) is 4.39 Å². The van der Waals surface area contributed by atoms with E-state index in [2.05, 4.69) is 0 Å². The lowest BCUT2D eigenvalue weighted by Crippen LogP contribution is -2.52. The van der Waals surface area contributed by atoms with Crippen molar-refractivity contribution in [2.45, 2.75) is 17.7 Å². The molecule has 2 heterocycles. The summed E-state index contributed by atoms with van der Waals surface area (Å²) in [5, 5.41) is 0. The number of hydrogen-bond acceptors (Lipinski definition) is 4. The maximum absolute atomic E-state index is 13.3. The molecular weight excluding hydrogens is 335 g/mol. The predicted molar refractivity (Wildman–Crippen MR) is 85.3 cm³/mol. The summed E-state index contributed by atoms with van der Waals surface area (Å²) < 4.78 is 45.0. The Morgan fingerprint density at radius 3 is 2.42 bits per heavy atom. The average molecular weight is 356 g/mol. The van der Waals surface area contributed by atoms with Gasteiger partial charge in [0.15, 0.2) is 0 Å². The number of ether oxygens (including phenoxy) is 1. The molecule has 132 valence electrons. The molecule has 0 aliphatic carbocycles. The molecule has 6 nitrogen and oxygen atoms in total. The zero-order valence-corrected chi connectivity index (χ0v) is 14.2. The van der Waals surface area contributed by atoms with E-state index in [1.54, 1.807) is 4.90 Å². The van der Waals surface area contributed by atoms with Crippen LogP contribution in [0.15, 0.2) is 29.2 Å². The average Bonchev–Trinajstić information content (AvgIpc) is 2.62. The molecule has 1 aromatic carbocycles. The molecule has 0 spiro atoms. The highest BCUT2D eigenvalue weighted by atomic mass is 32.2. The molecular formula is C16H21FN2O4S. The van der Waals surface area contributed by atoms with Crippen LogP contribution >= 0.6 is 0 Å². The van der Waals surface area contributed by atoms with Crippen molar-refractivity contribution in [2.24, 2.45) is 5.92 Å². The standard InChI is InChI=1S/C16H21FN2O4S/c17-14-2-1-3-15(12-14)24(21,22)19-8-6-18(7-9-19)16(20)13-4-10-23-11-5-13/h1-3,12-13H,4-11H2. The van der Waals surface area contributed by atoms with Crippen LogP contribution in [-0.4, -0.2) is 62.9 Å². The van der Waals surface area contributed by atoms with Crippen LogP contribution in [0.1, 0.15) is 12.8 Å². The molecule has 1 amide bonds. The van der Waals surface area contributed by atoms with Crippen molar-refractivity contribution in [2.75, 3.05) is 39.4 Å². The Balaban J connectivity index is 1.63. The van der Waals surface area contributed by atoms with Gasteiger partial charge in [0.05, 0.1) is 4.90 Å². The highest BCUT2D eigenvalue weighted by molar-refractivity contribution is 7.89. The van der Waals surface area contributed by atoms with Crippen molar-refractivity contribution in [3.05, 3.63) is 30.1 Å². The van der Waals surface area contributed by atoms with Gasteiger partial charge < -0.3 is 9.64 Å². The van der Waals surface area contributed by atoms with E-state index in [-0.39, 0.29) is 29.8 Å². The lowest BCUT2D eigenvalue weighted by atomic mass is 9.98. The SMILES string of the molecule is O=C(C1CCOCC1)N1CCN(S(=O)(=O)c2cccc(F)c2)CC1. The monoisotopic (exact) mass is 356 g/mol. The largest absolute Gasteiger partial charge is 0.381 e. The van der Waals surface area contributed by atoms with E-state index in [9.17, 15) is 17.6 Å². The normalized spacial score (nSPS) is 21.0. The second-order valence-electron chi connectivity index (χ2n) is 6.07. The Hall–Kier alpha value is -1.51. The maximum atomic E-state index is 13.3. The van der Waals surface area contributed by atoms with Crippen molar-refractivity contribution in [3.8, 4) is 0 Å². The van der Waals surface area contributed by atoms with Gasteiger partial charge in [0.25, 0.3) is 0 Å². The van der Waals surface area contributed by atoms with E-state index < -0.39 is 15.8 Å². The molecule has 2 aliphatic rings. The second-order valence-corrected chi connectivity index (χ2v) is 8.01. The fourth-order valence-corrected chi connectivity index (χ4v) is 4.58. The third-order valence-electron chi connectivity index (χ3n) is 4.55. The van der Waals surface area contributed by atoms with Gasteiger partial charge in [0.2, 0.25) is 15.9 Å². The van der Waals surface area contributed by atoms with E-state index >= 15 is 0 Å². The summed E-state index contributed by atoms with van der Waals surface area (Å²) in [4.78, 5) is 14.2. The van der Waals surface area contributed by atoms with Gasteiger partial charge in [0, 0.05) is 45.3 Å². The lowest BCUT2D eigenvalue weighted by molar-refractivity contribution is -0.139. The van der Waals surface area contributed by atoms with E-state index in [4.69, 9.17) is 4.74 Å². The summed E-state index contributed by atoms with van der Waals surface area (Å²) in [6.07, 6.45) is 1.45. The number of amides is 1. The highest BCUT2D eigenvalue weighted by Crippen LogP contribution is 2.21. The van der Waals surface area contributed by atoms with E-state index in [0.717, 1.165) is 18.9 Å². The van der Waals surface area contributed by atoms with Gasteiger partial charge in [-0.05, 0) is 31.0 Å². The Bertz CT molecular complexity index is 696. The van der Waals surface area contributed by atoms with Gasteiger partial charge in [-0.15, -0.1) is 0 Å². The van der Waals surface area contributed by atoms with Crippen LogP contribution in [0.3, 0.4) is 0 Å². The Labute approximate surface area is 141 Å². The first-order chi connectivity index (χ1) is 11.5. The summed E-state index contributed by atoms with van der Waals surface area (Å²) >= 11 is 0. The van der Waals surface area contributed by atoms with Gasteiger partial charge in [-0.1, -0.05) is 6.07 Å². The van der Waals surface area contributed by atoms with Crippen LogP contribution in [0.2, 0.25) is 0 Å². The third-order valence-corrected chi connectivity index (χ3v) is 6.45. The molecule has 3 rings (SSSR count). The summed E-state index contributed by atoms with van der Waals surface area (Å²) in [6, 6.07) is 5.00. The molecule has 0 saturated carbocycles. The van der Waals surface area contributed by atoms with Gasteiger partial charge in [0.1, 0.15) is 5.82 Å². The number of piperazine rings is 1. The number of hydrogen-bond donors (Lipinski definition) is 0. The van der Waals surface area contributed by atoms with Crippen LogP contribution in [0, 0.1) is 11.7 Å². The summed E-state index contributed by atoms with van der Waals surface area (Å²) in [7, 11) is -3.72. The molecule has 0 radical (unpaired) electrons. The zero-order valence-electron chi connectivity index (χ0n) is 13.4. The number of sulfonamides is 1. The van der Waals surface area contributed by atoms with E-state index in [0.29, 0.717) is 26.3 Å². The van der Waals surface area contributed by atoms with Crippen molar-refractivity contribution in [1.82, 2.24) is 9.21 Å². The summed E-state index contributed by atoms with van der Waals surface area (Å²) in [6.45, 7) is 2.39.